The average molecular weight is 107 g/mol. The molecule has 0 aliphatic carbocycles. The minimum Gasteiger partial charge on any atom is -0.366 e. The quantitative estimate of drug-likeness (QED) is 0.380. The first-order valence-corrected chi connectivity index (χ1v) is 2.33. The second-order valence-electron chi connectivity index (χ2n) is 0.957. The summed E-state index contributed by atoms with van der Waals surface area (Å²) in [5.41, 5.74) is 5.17. The summed E-state index contributed by atoms with van der Waals surface area (Å²) in [5, 5.41) is 0. The largest absolute Gasteiger partial charge is 0.366 e. The molecule has 0 radical (unpaired) electrons. The van der Waals surface area contributed by atoms with E-state index in [1.807, 2.05) is 0 Å². The standard InChI is InChI=1S/C3H9NOS/c1-5-3(4)2-6/h3,6H,2,4H2,1H3. The number of hydrogen-bond acceptors (Lipinski definition) is 3. The van der Waals surface area contributed by atoms with Crippen molar-refractivity contribution in [1.29, 1.82) is 0 Å². The summed E-state index contributed by atoms with van der Waals surface area (Å²) in [4.78, 5) is 0. The molecule has 6 heavy (non-hydrogen) atoms. The van der Waals surface area contributed by atoms with Crippen molar-refractivity contribution in [3.63, 3.8) is 0 Å². The molecule has 0 fully saturated rings. The molecule has 1 unspecified atom stereocenters. The molecule has 0 aliphatic heterocycles. The zero-order valence-corrected chi connectivity index (χ0v) is 4.61. The molecule has 38 valence electrons. The molecule has 0 spiro atoms. The van der Waals surface area contributed by atoms with E-state index < -0.39 is 0 Å². The molecule has 0 heterocycles. The van der Waals surface area contributed by atoms with Crippen molar-refractivity contribution < 1.29 is 4.74 Å². The topological polar surface area (TPSA) is 35.2 Å². The Balaban J connectivity index is 2.75. The highest BCUT2D eigenvalue weighted by Gasteiger charge is 1.89. The van der Waals surface area contributed by atoms with Gasteiger partial charge in [0, 0.05) is 12.9 Å². The van der Waals surface area contributed by atoms with Gasteiger partial charge in [0.2, 0.25) is 0 Å². The lowest BCUT2D eigenvalue weighted by molar-refractivity contribution is 0.128. The van der Waals surface area contributed by atoms with Crippen LogP contribution in [-0.2, 0) is 4.74 Å². The Morgan fingerprint density at radius 2 is 2.50 bits per heavy atom. The fraction of sp³-hybridized carbons (Fsp3) is 1.00. The fourth-order valence-corrected chi connectivity index (χ4v) is 0.224. The summed E-state index contributed by atoms with van der Waals surface area (Å²) in [5.74, 6) is 0.580. The molecule has 0 saturated heterocycles. The maximum absolute atomic E-state index is 5.17. The molecule has 0 bridgehead atoms. The summed E-state index contributed by atoms with van der Waals surface area (Å²) in [6, 6.07) is 0. The van der Waals surface area contributed by atoms with Crippen molar-refractivity contribution in [2.24, 2.45) is 5.73 Å². The zero-order valence-electron chi connectivity index (χ0n) is 3.72. The predicted molar refractivity (Wildman–Crippen MR) is 28.8 cm³/mol. The van der Waals surface area contributed by atoms with E-state index in [0.29, 0.717) is 5.75 Å². The van der Waals surface area contributed by atoms with Gasteiger partial charge in [0.1, 0.15) is 6.23 Å². The lowest BCUT2D eigenvalue weighted by Crippen LogP contribution is -2.23. The summed E-state index contributed by atoms with van der Waals surface area (Å²) in [7, 11) is 1.56. The van der Waals surface area contributed by atoms with Gasteiger partial charge in [-0.25, -0.2) is 0 Å². The van der Waals surface area contributed by atoms with E-state index in [1.54, 1.807) is 7.11 Å². The fourth-order valence-electron chi connectivity index (χ4n) is 0.0745. The first kappa shape index (κ1) is 6.27. The van der Waals surface area contributed by atoms with Crippen LogP contribution in [0.3, 0.4) is 0 Å². The monoisotopic (exact) mass is 107 g/mol. The Morgan fingerprint density at radius 1 is 2.00 bits per heavy atom. The molecule has 0 aromatic carbocycles. The molecule has 1 atom stereocenters. The number of hydrogen-bond donors (Lipinski definition) is 2. The predicted octanol–water partition coefficient (Wildman–Crippen LogP) is -0.153. The third kappa shape index (κ3) is 2.50. The summed E-state index contributed by atoms with van der Waals surface area (Å²) in [6.45, 7) is 0. The van der Waals surface area contributed by atoms with E-state index in [9.17, 15) is 0 Å². The van der Waals surface area contributed by atoms with Gasteiger partial charge in [-0.2, -0.15) is 12.6 Å². The van der Waals surface area contributed by atoms with Crippen LogP contribution < -0.4 is 5.73 Å². The summed E-state index contributed by atoms with van der Waals surface area (Å²) in [6.07, 6.45) is -0.201. The van der Waals surface area contributed by atoms with Crippen LogP contribution >= 0.6 is 12.6 Å². The summed E-state index contributed by atoms with van der Waals surface area (Å²) >= 11 is 3.85. The first-order valence-electron chi connectivity index (χ1n) is 1.70. The van der Waals surface area contributed by atoms with Gasteiger partial charge < -0.3 is 10.5 Å². The highest BCUT2D eigenvalue weighted by molar-refractivity contribution is 7.80. The molecule has 2 N–H and O–H groups in total. The molecule has 0 aromatic heterocycles. The van der Waals surface area contributed by atoms with Crippen LogP contribution in [0.25, 0.3) is 0 Å². The third-order valence-electron chi connectivity index (χ3n) is 0.483. The molecule has 0 aliphatic rings. The zero-order chi connectivity index (χ0) is 4.99. The van der Waals surface area contributed by atoms with Crippen LogP contribution in [0.1, 0.15) is 0 Å². The van der Waals surface area contributed by atoms with Gasteiger partial charge in [0.15, 0.2) is 0 Å². The van der Waals surface area contributed by atoms with Gasteiger partial charge >= 0.3 is 0 Å². The minimum atomic E-state index is -0.201. The molecular weight excluding hydrogens is 98.1 g/mol. The maximum atomic E-state index is 5.17. The average Bonchev–Trinajstić information content (AvgIpc) is 1.65. The van der Waals surface area contributed by atoms with E-state index in [0.717, 1.165) is 0 Å². The number of ether oxygens (including phenoxy) is 1. The van der Waals surface area contributed by atoms with Gasteiger partial charge in [-0.05, 0) is 0 Å². The van der Waals surface area contributed by atoms with Crippen LogP contribution in [0.2, 0.25) is 0 Å². The van der Waals surface area contributed by atoms with E-state index >= 15 is 0 Å². The second kappa shape index (κ2) is 3.46. The van der Waals surface area contributed by atoms with E-state index in [1.165, 1.54) is 0 Å². The van der Waals surface area contributed by atoms with Crippen LogP contribution in [0.4, 0.5) is 0 Å². The van der Waals surface area contributed by atoms with Gasteiger partial charge in [0.25, 0.3) is 0 Å². The number of rotatable bonds is 2. The van der Waals surface area contributed by atoms with Crippen molar-refractivity contribution in [3.8, 4) is 0 Å². The normalized spacial score (nSPS) is 14.5. The summed E-state index contributed by atoms with van der Waals surface area (Å²) < 4.78 is 4.60. The van der Waals surface area contributed by atoms with Crippen molar-refractivity contribution in [3.05, 3.63) is 0 Å². The van der Waals surface area contributed by atoms with Crippen molar-refractivity contribution in [1.82, 2.24) is 0 Å². The molecule has 0 rings (SSSR count). The Hall–Kier alpha value is 0.270. The van der Waals surface area contributed by atoms with E-state index in [4.69, 9.17) is 5.73 Å². The number of methoxy groups -OCH3 is 1. The van der Waals surface area contributed by atoms with Crippen LogP contribution in [0.15, 0.2) is 0 Å². The van der Waals surface area contributed by atoms with Gasteiger partial charge in [-0.3, -0.25) is 0 Å². The Bertz CT molecular complexity index is 30.0. The number of nitrogens with two attached hydrogens (primary N) is 1. The van der Waals surface area contributed by atoms with E-state index in [-0.39, 0.29) is 6.23 Å². The highest BCUT2D eigenvalue weighted by atomic mass is 32.1. The van der Waals surface area contributed by atoms with Gasteiger partial charge in [-0.15, -0.1) is 0 Å². The van der Waals surface area contributed by atoms with Gasteiger partial charge in [-0.1, -0.05) is 0 Å². The van der Waals surface area contributed by atoms with Crippen molar-refractivity contribution in [2.45, 2.75) is 6.23 Å². The molecule has 0 amide bonds. The van der Waals surface area contributed by atoms with Crippen molar-refractivity contribution >= 4 is 12.6 Å². The lowest BCUT2D eigenvalue weighted by Gasteiger charge is -2.01. The lowest BCUT2D eigenvalue weighted by atomic mass is 10.7. The Morgan fingerprint density at radius 3 is 2.50 bits per heavy atom. The van der Waals surface area contributed by atoms with Crippen LogP contribution in [-0.4, -0.2) is 19.1 Å². The number of thiol groups is 1. The molecule has 0 saturated carbocycles. The SMILES string of the molecule is COC(N)CS. The first-order chi connectivity index (χ1) is 2.81. The maximum Gasteiger partial charge on any atom is 0.114 e. The third-order valence-corrected chi connectivity index (χ3v) is 0.843. The molecule has 2 nitrogen and oxygen atoms in total. The highest BCUT2D eigenvalue weighted by Crippen LogP contribution is 1.79. The molecule has 0 aromatic rings. The molecular formula is C3H9NOS. The van der Waals surface area contributed by atoms with Crippen LogP contribution in [0, 0.1) is 0 Å². The Labute approximate surface area is 43.1 Å². The van der Waals surface area contributed by atoms with Crippen molar-refractivity contribution in [2.75, 3.05) is 12.9 Å². The second-order valence-corrected chi connectivity index (χ2v) is 1.32. The van der Waals surface area contributed by atoms with Gasteiger partial charge in [0.05, 0.1) is 0 Å². The molecule has 3 heteroatoms. The Kier molecular flexibility index (Phi) is 3.62. The van der Waals surface area contributed by atoms with Crippen LogP contribution in [0.5, 0.6) is 0 Å². The van der Waals surface area contributed by atoms with E-state index in [2.05, 4.69) is 17.4 Å². The smallest absolute Gasteiger partial charge is 0.114 e. The minimum absolute atomic E-state index is 0.201.